The summed E-state index contributed by atoms with van der Waals surface area (Å²) >= 11 is 0. The number of hydrogen-bond donors (Lipinski definition) is 0. The van der Waals surface area contributed by atoms with Crippen molar-refractivity contribution in [1.29, 1.82) is 0 Å². The van der Waals surface area contributed by atoms with E-state index in [9.17, 15) is 13.6 Å². The number of carbonyl (C=O) groups is 1. The number of carbonyl (C=O) groups excluding carboxylic acids is 1. The molecule has 0 heterocycles. The average Bonchev–Trinajstić information content (AvgIpc) is 2.57. The summed E-state index contributed by atoms with van der Waals surface area (Å²) in [5.41, 5.74) is 0.830. The molecule has 2 rings (SSSR count). The highest BCUT2D eigenvalue weighted by Crippen LogP contribution is 2.16. The smallest absolute Gasteiger partial charge is 0.387 e. The van der Waals surface area contributed by atoms with Crippen LogP contribution in [0.25, 0.3) is 0 Å². The first-order valence-electron chi connectivity index (χ1n) is 7.50. The van der Waals surface area contributed by atoms with Gasteiger partial charge in [-0.1, -0.05) is 30.3 Å². The number of para-hydroxylation sites is 1. The minimum atomic E-state index is -2.84. The van der Waals surface area contributed by atoms with Crippen molar-refractivity contribution in [1.82, 2.24) is 4.90 Å². The molecule has 2 aromatic carbocycles. The fourth-order valence-electron chi connectivity index (χ4n) is 2.10. The number of benzene rings is 2. The molecule has 0 unspecified atom stereocenters. The molecule has 0 spiro atoms. The molecule has 0 aliphatic carbocycles. The predicted octanol–water partition coefficient (Wildman–Crippen LogP) is 3.72. The predicted molar refractivity (Wildman–Crippen MR) is 86.1 cm³/mol. The van der Waals surface area contributed by atoms with Crippen molar-refractivity contribution in [3.63, 3.8) is 0 Å². The van der Waals surface area contributed by atoms with Crippen molar-refractivity contribution in [3.8, 4) is 11.5 Å². The maximum Gasteiger partial charge on any atom is 0.387 e. The van der Waals surface area contributed by atoms with Crippen LogP contribution in [-0.4, -0.2) is 31.1 Å². The maximum absolute atomic E-state index is 12.1. The molecular weight excluding hydrogens is 316 g/mol. The molecule has 0 atom stereocenters. The number of rotatable bonds is 8. The van der Waals surface area contributed by atoms with Crippen molar-refractivity contribution in [2.45, 2.75) is 19.6 Å². The van der Waals surface area contributed by atoms with Crippen LogP contribution in [0.1, 0.15) is 12.0 Å². The second kappa shape index (κ2) is 8.86. The van der Waals surface area contributed by atoms with E-state index in [4.69, 9.17) is 4.74 Å². The summed E-state index contributed by atoms with van der Waals surface area (Å²) in [5.74, 6) is 0.764. The van der Waals surface area contributed by atoms with Gasteiger partial charge in [-0.2, -0.15) is 8.78 Å². The van der Waals surface area contributed by atoms with Crippen molar-refractivity contribution in [3.05, 3.63) is 60.2 Å². The van der Waals surface area contributed by atoms with Gasteiger partial charge >= 0.3 is 6.61 Å². The Morgan fingerprint density at radius 1 is 1.04 bits per heavy atom. The number of hydrogen-bond acceptors (Lipinski definition) is 3. The zero-order chi connectivity index (χ0) is 17.4. The largest absolute Gasteiger partial charge is 0.493 e. The first-order chi connectivity index (χ1) is 11.5. The number of alkyl halides is 2. The molecule has 0 aliphatic heterocycles. The van der Waals surface area contributed by atoms with Gasteiger partial charge in [-0.25, -0.2) is 0 Å². The lowest BCUT2D eigenvalue weighted by Crippen LogP contribution is -2.27. The Morgan fingerprint density at radius 2 is 1.71 bits per heavy atom. The quantitative estimate of drug-likeness (QED) is 0.738. The molecule has 2 aromatic rings. The lowest BCUT2D eigenvalue weighted by molar-refractivity contribution is -0.130. The number of halogens is 2. The van der Waals surface area contributed by atoms with Gasteiger partial charge in [0.15, 0.2) is 0 Å². The molecule has 0 fully saturated rings. The topological polar surface area (TPSA) is 38.8 Å². The van der Waals surface area contributed by atoms with Gasteiger partial charge in [0.25, 0.3) is 0 Å². The number of nitrogens with zero attached hydrogens (tertiary/aromatic N) is 1. The first-order valence-corrected chi connectivity index (χ1v) is 7.50. The van der Waals surface area contributed by atoms with E-state index in [2.05, 4.69) is 4.74 Å². The molecule has 0 saturated carbocycles. The van der Waals surface area contributed by atoms with Gasteiger partial charge in [0.1, 0.15) is 11.5 Å². The molecule has 0 bridgehead atoms. The monoisotopic (exact) mass is 335 g/mol. The molecular formula is C18H19F2NO3. The van der Waals surface area contributed by atoms with Gasteiger partial charge in [-0.15, -0.1) is 0 Å². The molecule has 6 heteroatoms. The zero-order valence-corrected chi connectivity index (χ0v) is 13.3. The Morgan fingerprint density at radius 3 is 2.33 bits per heavy atom. The van der Waals surface area contributed by atoms with Gasteiger partial charge in [0, 0.05) is 13.6 Å². The zero-order valence-electron chi connectivity index (χ0n) is 13.3. The van der Waals surface area contributed by atoms with Crippen LogP contribution in [0.3, 0.4) is 0 Å². The van der Waals surface area contributed by atoms with Gasteiger partial charge in [0.05, 0.1) is 13.0 Å². The van der Waals surface area contributed by atoms with E-state index < -0.39 is 6.61 Å². The Kier molecular flexibility index (Phi) is 6.54. The van der Waals surface area contributed by atoms with Crippen LogP contribution in [0.5, 0.6) is 11.5 Å². The van der Waals surface area contributed by atoms with E-state index >= 15 is 0 Å². The lowest BCUT2D eigenvalue weighted by Gasteiger charge is -2.17. The van der Waals surface area contributed by atoms with E-state index in [1.165, 1.54) is 12.1 Å². The highest BCUT2D eigenvalue weighted by molar-refractivity contribution is 5.76. The van der Waals surface area contributed by atoms with Gasteiger partial charge in [0.2, 0.25) is 5.91 Å². The summed E-state index contributed by atoms with van der Waals surface area (Å²) in [7, 11) is 1.69. The molecule has 0 N–H and O–H groups in total. The van der Waals surface area contributed by atoms with Crippen LogP contribution >= 0.6 is 0 Å². The Bertz CT molecular complexity index is 632. The van der Waals surface area contributed by atoms with Crippen molar-refractivity contribution < 1.29 is 23.0 Å². The van der Waals surface area contributed by atoms with Crippen molar-refractivity contribution in [2.75, 3.05) is 13.7 Å². The molecule has 0 aromatic heterocycles. The van der Waals surface area contributed by atoms with E-state index in [-0.39, 0.29) is 18.1 Å². The van der Waals surface area contributed by atoms with Crippen LogP contribution < -0.4 is 9.47 Å². The number of amides is 1. The minimum absolute atomic E-state index is 0.0566. The number of ether oxygens (including phenoxy) is 2. The average molecular weight is 335 g/mol. The summed E-state index contributed by atoms with van der Waals surface area (Å²) in [6, 6.07) is 15.5. The van der Waals surface area contributed by atoms with Crippen LogP contribution in [0, 0.1) is 0 Å². The van der Waals surface area contributed by atoms with Gasteiger partial charge in [-0.05, 0) is 29.8 Å². The fraction of sp³-hybridized carbons (Fsp3) is 0.278. The van der Waals surface area contributed by atoms with Crippen molar-refractivity contribution >= 4 is 5.91 Å². The summed E-state index contributed by atoms with van der Waals surface area (Å²) in [5, 5.41) is 0. The standard InChI is InChI=1S/C18H19F2NO3/c1-21(13-14-7-9-16(10-8-14)24-18(19)20)17(22)11-12-23-15-5-3-2-4-6-15/h2-10,18H,11-13H2,1H3. The Hall–Kier alpha value is -2.63. The van der Waals surface area contributed by atoms with E-state index in [0.717, 1.165) is 11.3 Å². The normalized spacial score (nSPS) is 10.5. The lowest BCUT2D eigenvalue weighted by atomic mass is 10.2. The summed E-state index contributed by atoms with van der Waals surface area (Å²) in [6.07, 6.45) is 0.262. The molecule has 128 valence electrons. The SMILES string of the molecule is CN(Cc1ccc(OC(F)F)cc1)C(=O)CCOc1ccccc1. The minimum Gasteiger partial charge on any atom is -0.493 e. The van der Waals surface area contributed by atoms with Crippen molar-refractivity contribution in [2.24, 2.45) is 0 Å². The highest BCUT2D eigenvalue weighted by atomic mass is 19.3. The van der Waals surface area contributed by atoms with E-state index in [0.29, 0.717) is 13.2 Å². The first kappa shape index (κ1) is 17.7. The Labute approximate surface area is 139 Å². The summed E-state index contributed by atoms with van der Waals surface area (Å²) in [4.78, 5) is 13.6. The summed E-state index contributed by atoms with van der Waals surface area (Å²) < 4.78 is 34.0. The fourth-order valence-corrected chi connectivity index (χ4v) is 2.10. The van der Waals surface area contributed by atoms with E-state index in [1.54, 1.807) is 24.1 Å². The molecule has 4 nitrogen and oxygen atoms in total. The third-order valence-electron chi connectivity index (χ3n) is 3.32. The van der Waals surface area contributed by atoms with Gasteiger partial charge in [-0.3, -0.25) is 4.79 Å². The van der Waals surface area contributed by atoms with Crippen LogP contribution in [0.2, 0.25) is 0 Å². The second-order valence-corrected chi connectivity index (χ2v) is 5.18. The van der Waals surface area contributed by atoms with Gasteiger partial charge < -0.3 is 14.4 Å². The molecule has 1 amide bonds. The highest BCUT2D eigenvalue weighted by Gasteiger charge is 2.10. The molecule has 0 saturated heterocycles. The summed E-state index contributed by atoms with van der Waals surface area (Å²) in [6.45, 7) is -2.15. The van der Waals surface area contributed by atoms with Crippen LogP contribution in [0.15, 0.2) is 54.6 Å². The third-order valence-corrected chi connectivity index (χ3v) is 3.32. The maximum atomic E-state index is 12.1. The third kappa shape index (κ3) is 5.87. The Balaban J connectivity index is 1.76. The van der Waals surface area contributed by atoms with E-state index in [1.807, 2.05) is 30.3 Å². The molecule has 24 heavy (non-hydrogen) atoms. The van der Waals surface area contributed by atoms with Crippen LogP contribution in [0.4, 0.5) is 8.78 Å². The van der Waals surface area contributed by atoms with Crippen LogP contribution in [-0.2, 0) is 11.3 Å². The second-order valence-electron chi connectivity index (χ2n) is 5.18. The molecule has 0 radical (unpaired) electrons. The molecule has 0 aliphatic rings.